The summed E-state index contributed by atoms with van der Waals surface area (Å²) in [6.45, 7) is 3.64. The molecule has 2 heterocycles. The number of piperazine rings is 1. The van der Waals surface area contributed by atoms with Crippen molar-refractivity contribution in [3.8, 4) is 11.8 Å². The van der Waals surface area contributed by atoms with Crippen LogP contribution in [0.2, 0.25) is 0 Å². The van der Waals surface area contributed by atoms with Crippen LogP contribution in [0.15, 0.2) is 65.7 Å². The average molecular weight is 506 g/mol. The first-order valence-corrected chi connectivity index (χ1v) is 12.3. The molecule has 3 unspecified atom stereocenters. The van der Waals surface area contributed by atoms with Crippen molar-refractivity contribution in [2.45, 2.75) is 38.5 Å². The summed E-state index contributed by atoms with van der Waals surface area (Å²) in [5.41, 5.74) is 7.31. The number of pyridine rings is 1. The third-order valence-electron chi connectivity index (χ3n) is 6.64. The van der Waals surface area contributed by atoms with E-state index >= 15 is 0 Å². The predicted molar refractivity (Wildman–Crippen MR) is 135 cm³/mol. The Kier molecular flexibility index (Phi) is 8.38. The number of hydrogen-bond acceptors (Lipinski definition) is 8. The molecule has 0 radical (unpaired) electrons. The third kappa shape index (κ3) is 6.64. The van der Waals surface area contributed by atoms with Crippen molar-refractivity contribution >= 4 is 12.0 Å². The van der Waals surface area contributed by atoms with Crippen molar-refractivity contribution in [2.24, 2.45) is 11.7 Å². The molecule has 10 heteroatoms. The molecule has 0 spiro atoms. The summed E-state index contributed by atoms with van der Waals surface area (Å²) in [6, 6.07) is 3.44. The van der Waals surface area contributed by atoms with E-state index in [0.717, 1.165) is 23.3 Å². The Hall–Kier alpha value is -3.94. The molecule has 1 aromatic rings. The van der Waals surface area contributed by atoms with E-state index in [4.69, 9.17) is 20.5 Å². The SMILES string of the molecule is CC1CN(C(O)C2=CC=C(OCC3=CC(C#N)CC=C3)CC2)CCN1C(=O)Oc1cncc(C(N)=O)c1. The number of rotatable bonds is 7. The van der Waals surface area contributed by atoms with Gasteiger partial charge in [0.2, 0.25) is 5.91 Å². The first-order valence-electron chi connectivity index (χ1n) is 12.3. The van der Waals surface area contributed by atoms with Crippen LogP contribution in [-0.4, -0.2) is 70.4 Å². The van der Waals surface area contributed by atoms with Crippen molar-refractivity contribution in [2.75, 3.05) is 26.2 Å². The van der Waals surface area contributed by atoms with Crippen LogP contribution in [0.25, 0.3) is 0 Å². The fourth-order valence-corrected chi connectivity index (χ4v) is 4.56. The summed E-state index contributed by atoms with van der Waals surface area (Å²) >= 11 is 0. The summed E-state index contributed by atoms with van der Waals surface area (Å²) in [6.07, 6.45) is 13.2. The van der Waals surface area contributed by atoms with Crippen molar-refractivity contribution in [1.82, 2.24) is 14.8 Å². The molecular weight excluding hydrogens is 474 g/mol. The van der Waals surface area contributed by atoms with E-state index in [2.05, 4.69) is 11.1 Å². The van der Waals surface area contributed by atoms with Crippen LogP contribution in [0.5, 0.6) is 5.75 Å². The minimum absolute atomic E-state index is 0.0969. The molecule has 37 heavy (non-hydrogen) atoms. The number of aromatic nitrogens is 1. The Morgan fingerprint density at radius 3 is 2.84 bits per heavy atom. The molecule has 2 aliphatic carbocycles. The van der Waals surface area contributed by atoms with E-state index in [9.17, 15) is 14.7 Å². The second-order valence-electron chi connectivity index (χ2n) is 9.33. The number of amides is 2. The van der Waals surface area contributed by atoms with Gasteiger partial charge in [-0.1, -0.05) is 24.3 Å². The quantitative estimate of drug-likeness (QED) is 0.576. The molecule has 3 atom stereocenters. The number of primary amides is 1. The van der Waals surface area contributed by atoms with Gasteiger partial charge in [-0.05, 0) is 43.1 Å². The topological polar surface area (TPSA) is 142 Å². The number of ether oxygens (including phenoxy) is 2. The van der Waals surface area contributed by atoms with E-state index in [-0.39, 0.29) is 23.3 Å². The smallest absolute Gasteiger partial charge is 0.415 e. The average Bonchev–Trinajstić information content (AvgIpc) is 2.92. The standard InChI is InChI=1S/C27H31N5O5/c1-18-16-31(9-10-32(18)27(35)37-24-12-22(25(29)33)14-30-15-24)26(34)21-5-7-23(8-6-21)36-17-20-4-2-3-19(11-20)13-28/h2,4-5,7,11-12,14-15,18-19,26,34H,3,6,8-10,16-17H2,1H3,(H2,29,33). The Bertz CT molecular complexity index is 1200. The van der Waals surface area contributed by atoms with Crippen LogP contribution in [0.4, 0.5) is 4.79 Å². The molecule has 0 bridgehead atoms. The summed E-state index contributed by atoms with van der Waals surface area (Å²) in [5, 5.41) is 20.1. The molecular formula is C27H31N5O5. The minimum atomic E-state index is -0.754. The van der Waals surface area contributed by atoms with Gasteiger partial charge < -0.3 is 25.2 Å². The van der Waals surface area contributed by atoms with Crippen LogP contribution >= 0.6 is 0 Å². The van der Waals surface area contributed by atoms with Gasteiger partial charge in [0, 0.05) is 38.3 Å². The lowest BCUT2D eigenvalue weighted by Gasteiger charge is -2.41. The Morgan fingerprint density at radius 1 is 1.30 bits per heavy atom. The Labute approximate surface area is 216 Å². The monoisotopic (exact) mass is 505 g/mol. The van der Waals surface area contributed by atoms with E-state index in [0.29, 0.717) is 39.1 Å². The number of hydrogen-bond donors (Lipinski definition) is 2. The summed E-state index contributed by atoms with van der Waals surface area (Å²) in [4.78, 5) is 31.5. The van der Waals surface area contributed by atoms with Gasteiger partial charge in [-0.15, -0.1) is 0 Å². The van der Waals surface area contributed by atoms with Crippen LogP contribution in [0.1, 0.15) is 36.5 Å². The third-order valence-corrected chi connectivity index (χ3v) is 6.64. The highest BCUT2D eigenvalue weighted by molar-refractivity contribution is 5.92. The maximum absolute atomic E-state index is 12.7. The maximum atomic E-state index is 12.7. The molecule has 10 nitrogen and oxygen atoms in total. The molecule has 2 amide bonds. The highest BCUT2D eigenvalue weighted by Gasteiger charge is 2.33. The lowest BCUT2D eigenvalue weighted by molar-refractivity contribution is -0.0173. The van der Waals surface area contributed by atoms with Crippen LogP contribution in [0.3, 0.4) is 0 Å². The number of aliphatic hydroxyl groups excluding tert-OH is 1. The summed E-state index contributed by atoms with van der Waals surface area (Å²) in [5.74, 6) is 0.244. The Balaban J connectivity index is 1.28. The van der Waals surface area contributed by atoms with E-state index in [1.807, 2.05) is 42.2 Å². The zero-order valence-corrected chi connectivity index (χ0v) is 20.7. The molecule has 3 N–H and O–H groups in total. The molecule has 4 rings (SSSR count). The lowest BCUT2D eigenvalue weighted by Crippen LogP contribution is -2.57. The number of allylic oxidation sites excluding steroid dienone is 5. The fraction of sp³-hybridized carbons (Fsp3) is 0.407. The highest BCUT2D eigenvalue weighted by Crippen LogP contribution is 2.26. The molecule has 0 aromatic carbocycles. The van der Waals surface area contributed by atoms with Gasteiger partial charge in [0.1, 0.15) is 12.8 Å². The zero-order valence-electron chi connectivity index (χ0n) is 20.7. The molecule has 3 aliphatic rings. The van der Waals surface area contributed by atoms with Gasteiger partial charge >= 0.3 is 6.09 Å². The van der Waals surface area contributed by atoms with Gasteiger partial charge in [-0.3, -0.25) is 14.7 Å². The fourth-order valence-electron chi connectivity index (χ4n) is 4.56. The number of nitrogens with zero attached hydrogens (tertiary/aromatic N) is 4. The second kappa shape index (κ2) is 11.9. The van der Waals surface area contributed by atoms with Crippen molar-refractivity contribution in [3.05, 3.63) is 71.3 Å². The van der Waals surface area contributed by atoms with E-state index in [1.165, 1.54) is 18.5 Å². The van der Waals surface area contributed by atoms with Gasteiger partial charge in [0.25, 0.3) is 0 Å². The van der Waals surface area contributed by atoms with Gasteiger partial charge in [0.05, 0.1) is 29.5 Å². The van der Waals surface area contributed by atoms with Gasteiger partial charge in [0.15, 0.2) is 5.75 Å². The van der Waals surface area contributed by atoms with E-state index in [1.54, 1.807) is 4.90 Å². The maximum Gasteiger partial charge on any atom is 0.415 e. The van der Waals surface area contributed by atoms with Crippen molar-refractivity contribution in [1.29, 1.82) is 5.26 Å². The second-order valence-corrected chi connectivity index (χ2v) is 9.33. The largest absolute Gasteiger partial charge is 0.493 e. The van der Waals surface area contributed by atoms with Crippen LogP contribution in [-0.2, 0) is 4.74 Å². The molecule has 1 fully saturated rings. The zero-order chi connectivity index (χ0) is 26.4. The summed E-state index contributed by atoms with van der Waals surface area (Å²) in [7, 11) is 0. The van der Waals surface area contributed by atoms with E-state index < -0.39 is 18.2 Å². The Morgan fingerprint density at radius 2 is 2.14 bits per heavy atom. The van der Waals surface area contributed by atoms with Crippen molar-refractivity contribution in [3.63, 3.8) is 0 Å². The van der Waals surface area contributed by atoms with Crippen LogP contribution in [0, 0.1) is 17.2 Å². The first-order chi connectivity index (χ1) is 17.8. The molecule has 1 aliphatic heterocycles. The van der Waals surface area contributed by atoms with Crippen molar-refractivity contribution < 1.29 is 24.2 Å². The molecule has 1 aromatic heterocycles. The predicted octanol–water partition coefficient (Wildman–Crippen LogP) is 2.65. The van der Waals surface area contributed by atoms with Crippen LogP contribution < -0.4 is 10.5 Å². The number of carbonyl (C=O) groups is 2. The minimum Gasteiger partial charge on any atom is -0.493 e. The van der Waals surface area contributed by atoms with Gasteiger partial charge in [-0.25, -0.2) is 4.79 Å². The number of aliphatic hydroxyl groups is 1. The highest BCUT2D eigenvalue weighted by atomic mass is 16.6. The molecule has 1 saturated heterocycles. The molecule has 0 saturated carbocycles. The molecule has 194 valence electrons. The normalized spacial score (nSPS) is 22.7. The first kappa shape index (κ1) is 26.1. The van der Waals surface area contributed by atoms with Gasteiger partial charge in [-0.2, -0.15) is 5.26 Å². The number of nitriles is 1. The summed E-state index contributed by atoms with van der Waals surface area (Å²) < 4.78 is 11.3. The number of nitrogens with two attached hydrogens (primary N) is 1. The lowest BCUT2D eigenvalue weighted by atomic mass is 9.98. The number of carbonyl (C=O) groups excluding carboxylic acids is 2.